The van der Waals surface area contributed by atoms with Gasteiger partial charge in [0.25, 0.3) is 5.91 Å². The summed E-state index contributed by atoms with van der Waals surface area (Å²) in [6, 6.07) is 9.85. The number of carbonyl (C=O) groups is 7. The van der Waals surface area contributed by atoms with E-state index in [0.29, 0.717) is 72.8 Å². The van der Waals surface area contributed by atoms with E-state index in [1.807, 2.05) is 18.2 Å². The van der Waals surface area contributed by atoms with Gasteiger partial charge in [-0.1, -0.05) is 38.0 Å². The van der Waals surface area contributed by atoms with E-state index < -0.39 is 17.9 Å². The number of likely N-dealkylation sites (tertiary alicyclic amines) is 1. The predicted molar refractivity (Wildman–Crippen MR) is 248 cm³/mol. The van der Waals surface area contributed by atoms with Crippen LogP contribution in [0, 0.1) is 5.92 Å². The Balaban J connectivity index is 0.753. The number of hydrogen-bond donors (Lipinski definition) is 2. The smallest absolute Gasteiger partial charge is 0.255 e. The molecular weight excluding hydrogens is 859 g/mol. The molecule has 0 spiro atoms. The van der Waals surface area contributed by atoms with Crippen LogP contribution < -0.4 is 25.2 Å². The molecule has 5 heterocycles. The van der Waals surface area contributed by atoms with Crippen LogP contribution in [0.2, 0.25) is 0 Å². The molecule has 67 heavy (non-hydrogen) atoms. The van der Waals surface area contributed by atoms with Gasteiger partial charge < -0.3 is 39.3 Å². The van der Waals surface area contributed by atoms with Crippen LogP contribution in [0.4, 0.5) is 17.2 Å². The fraction of sp³-hybridized carbons (Fsp3) is 0.531. The highest BCUT2D eigenvalue weighted by atomic mass is 16.5. The van der Waals surface area contributed by atoms with Crippen LogP contribution in [0.5, 0.6) is 5.75 Å². The third-order valence-electron chi connectivity index (χ3n) is 14.0. The molecule has 5 aliphatic rings. The number of piperidine rings is 2. The van der Waals surface area contributed by atoms with E-state index in [4.69, 9.17) is 14.5 Å². The number of fused-ring (bicyclic) bond motifs is 2. The summed E-state index contributed by atoms with van der Waals surface area (Å²) in [6.07, 6.45) is 10.5. The zero-order valence-corrected chi connectivity index (χ0v) is 38.7. The number of ketones is 1. The third-order valence-corrected chi connectivity index (χ3v) is 14.0. The molecule has 18 nitrogen and oxygen atoms in total. The number of Topliss-reactive ketones (excluding diaryl/α,β-unsaturated/α-hetero) is 1. The van der Waals surface area contributed by atoms with Gasteiger partial charge in [-0.2, -0.15) is 0 Å². The first-order valence-corrected chi connectivity index (χ1v) is 23.6. The second-order valence-corrected chi connectivity index (χ2v) is 18.2. The Morgan fingerprint density at radius 3 is 2.54 bits per heavy atom. The standard InChI is InChI=1S/C49H61N9O9/c1-4-38-49(65)54(2)40-27-50-43(52-46(40)58(38)34-8-5-6-9-34)26-33-13-12-32(25-42(33)66-3)41(60)24-31-16-18-55(19-17-31)20-22-67-23-21-56(30-59)29-45(62)51-37-11-7-10-35-36(37)28-57(48(35)64)39-14-15-44(61)53-47(39)63/h7,10-13,25,27,30-31,34,38-39H,4-6,8-9,14-24,26,28-29H2,1-3H3,(H,51,62)(H,53,61,63)/t38-,39?/m1/s1. The van der Waals surface area contributed by atoms with E-state index in [1.165, 1.54) is 9.80 Å². The lowest BCUT2D eigenvalue weighted by atomic mass is 9.89. The van der Waals surface area contributed by atoms with E-state index in [2.05, 4.69) is 32.3 Å². The molecule has 4 aliphatic heterocycles. The van der Waals surface area contributed by atoms with E-state index in [-0.39, 0.29) is 80.6 Å². The van der Waals surface area contributed by atoms with Crippen molar-refractivity contribution in [1.29, 1.82) is 0 Å². The van der Waals surface area contributed by atoms with Gasteiger partial charge in [-0.15, -0.1) is 0 Å². The number of hydrogen-bond acceptors (Lipinski definition) is 13. The molecule has 1 unspecified atom stereocenters. The van der Waals surface area contributed by atoms with Crippen molar-refractivity contribution in [2.45, 2.75) is 102 Å². The highest BCUT2D eigenvalue weighted by Gasteiger charge is 2.42. The summed E-state index contributed by atoms with van der Waals surface area (Å²) in [5, 5.41) is 5.10. The number of rotatable bonds is 19. The molecule has 6 amide bonds. The topological polar surface area (TPSA) is 204 Å². The minimum absolute atomic E-state index is 0.0785. The molecule has 1 aromatic heterocycles. The van der Waals surface area contributed by atoms with Crippen molar-refractivity contribution in [3.05, 3.63) is 70.7 Å². The van der Waals surface area contributed by atoms with Crippen LogP contribution in [-0.2, 0) is 41.7 Å². The van der Waals surface area contributed by atoms with Crippen LogP contribution in [0.3, 0.4) is 0 Å². The zero-order chi connectivity index (χ0) is 47.2. The third kappa shape index (κ3) is 10.5. The quantitative estimate of drug-likeness (QED) is 0.0763. The Kier molecular flexibility index (Phi) is 14.9. The molecule has 2 N–H and O–H groups in total. The first-order valence-electron chi connectivity index (χ1n) is 23.6. The molecule has 356 valence electrons. The number of ether oxygens (including phenoxy) is 2. The van der Waals surface area contributed by atoms with Gasteiger partial charge in [0, 0.05) is 79.9 Å². The lowest BCUT2D eigenvalue weighted by Gasteiger charge is -2.43. The molecule has 0 bridgehead atoms. The molecule has 1 aliphatic carbocycles. The largest absolute Gasteiger partial charge is 0.496 e. The van der Waals surface area contributed by atoms with E-state index in [1.54, 1.807) is 43.5 Å². The van der Waals surface area contributed by atoms with Gasteiger partial charge in [-0.3, -0.25) is 38.9 Å². The van der Waals surface area contributed by atoms with Crippen LogP contribution in [-0.4, -0.2) is 145 Å². The second kappa shape index (κ2) is 21.1. The summed E-state index contributed by atoms with van der Waals surface area (Å²) in [5.41, 5.74) is 3.61. The Hall–Kier alpha value is -6.27. The number of aromatic nitrogens is 2. The van der Waals surface area contributed by atoms with Gasteiger partial charge in [0.1, 0.15) is 29.3 Å². The summed E-state index contributed by atoms with van der Waals surface area (Å²) < 4.78 is 11.6. The fourth-order valence-corrected chi connectivity index (χ4v) is 10.3. The van der Waals surface area contributed by atoms with Gasteiger partial charge in [-0.05, 0) is 75.7 Å². The number of methoxy groups -OCH3 is 1. The summed E-state index contributed by atoms with van der Waals surface area (Å²) in [4.78, 5) is 108. The van der Waals surface area contributed by atoms with Crippen LogP contribution in [0.15, 0.2) is 42.6 Å². The lowest BCUT2D eigenvalue weighted by Crippen LogP contribution is -2.55. The number of benzene rings is 2. The number of nitrogens with zero attached hydrogens (tertiary/aromatic N) is 7. The van der Waals surface area contributed by atoms with Gasteiger partial charge >= 0.3 is 0 Å². The highest BCUT2D eigenvalue weighted by molar-refractivity contribution is 6.07. The highest BCUT2D eigenvalue weighted by Crippen LogP contribution is 2.40. The molecular formula is C49H61N9O9. The van der Waals surface area contributed by atoms with Gasteiger partial charge in [0.05, 0.1) is 33.1 Å². The van der Waals surface area contributed by atoms with Crippen molar-refractivity contribution in [1.82, 2.24) is 30.0 Å². The maximum Gasteiger partial charge on any atom is 0.255 e. The molecule has 3 fully saturated rings. The maximum absolute atomic E-state index is 13.6. The van der Waals surface area contributed by atoms with E-state index >= 15 is 0 Å². The van der Waals surface area contributed by atoms with Gasteiger partial charge in [-0.25, -0.2) is 9.97 Å². The zero-order valence-electron chi connectivity index (χ0n) is 38.7. The van der Waals surface area contributed by atoms with E-state index in [0.717, 1.165) is 68.7 Å². The molecule has 8 rings (SSSR count). The Bertz CT molecular complexity index is 2380. The Labute approximate surface area is 390 Å². The Morgan fingerprint density at radius 1 is 1.01 bits per heavy atom. The van der Waals surface area contributed by atoms with Crippen molar-refractivity contribution < 1.29 is 43.0 Å². The first-order chi connectivity index (χ1) is 32.5. The van der Waals surface area contributed by atoms with Crippen LogP contribution >= 0.6 is 0 Å². The molecule has 2 saturated heterocycles. The monoisotopic (exact) mass is 919 g/mol. The average Bonchev–Trinajstić information content (AvgIpc) is 3.99. The summed E-state index contributed by atoms with van der Waals surface area (Å²) >= 11 is 0. The van der Waals surface area contributed by atoms with Gasteiger partial charge in [0.2, 0.25) is 30.0 Å². The normalized spacial score (nSPS) is 20.2. The number of imide groups is 1. The minimum atomic E-state index is -0.771. The predicted octanol–water partition coefficient (Wildman–Crippen LogP) is 3.74. The number of likely N-dealkylation sites (N-methyl/N-ethyl adjacent to an activating group) is 1. The number of nitrogens with one attached hydrogen (secondary N) is 2. The average molecular weight is 920 g/mol. The molecule has 3 aromatic rings. The number of carbonyl (C=O) groups excluding carboxylic acids is 7. The first kappa shape index (κ1) is 47.2. The summed E-state index contributed by atoms with van der Waals surface area (Å²) in [7, 11) is 3.41. The van der Waals surface area contributed by atoms with Crippen molar-refractivity contribution in [2.75, 3.05) is 75.2 Å². The van der Waals surface area contributed by atoms with Crippen molar-refractivity contribution in [2.24, 2.45) is 5.92 Å². The molecule has 2 atom stereocenters. The van der Waals surface area contributed by atoms with E-state index in [9.17, 15) is 33.6 Å². The van der Waals surface area contributed by atoms with Crippen molar-refractivity contribution in [3.8, 4) is 5.75 Å². The molecule has 1 saturated carbocycles. The van der Waals surface area contributed by atoms with Crippen molar-refractivity contribution >= 4 is 58.9 Å². The molecule has 18 heteroatoms. The number of amides is 6. The maximum atomic E-state index is 13.6. The summed E-state index contributed by atoms with van der Waals surface area (Å²) in [6.45, 7) is 5.24. The van der Waals surface area contributed by atoms with Crippen LogP contribution in [0.1, 0.15) is 109 Å². The molecule has 0 radical (unpaired) electrons. The molecule has 2 aromatic carbocycles. The second-order valence-electron chi connectivity index (χ2n) is 18.2. The lowest BCUT2D eigenvalue weighted by molar-refractivity contribution is -0.137. The van der Waals surface area contributed by atoms with Crippen LogP contribution in [0.25, 0.3) is 0 Å². The SMILES string of the molecule is CC[C@@H]1C(=O)N(C)c2cnc(Cc3ccc(C(=O)CC4CCN(CCOCCN(C=O)CC(=O)Nc5cccc6c5CN(C5CCC(=O)NC5=O)C6=O)CC4)cc3OC)nc2N1C1CCCC1. The van der Waals surface area contributed by atoms with Gasteiger partial charge in [0.15, 0.2) is 11.6 Å². The fourth-order valence-electron chi connectivity index (χ4n) is 10.3. The number of anilines is 3. The summed E-state index contributed by atoms with van der Waals surface area (Å²) in [5.74, 6) is 0.819. The van der Waals surface area contributed by atoms with Crippen molar-refractivity contribution in [3.63, 3.8) is 0 Å². The Morgan fingerprint density at radius 2 is 1.81 bits per heavy atom. The minimum Gasteiger partial charge on any atom is -0.496 e.